The van der Waals surface area contributed by atoms with Gasteiger partial charge in [0.15, 0.2) is 18.2 Å². The van der Waals surface area contributed by atoms with Crippen molar-refractivity contribution in [1.82, 2.24) is 25.2 Å². The molecule has 0 aromatic carbocycles. The highest BCUT2D eigenvalue weighted by molar-refractivity contribution is 6.32. The number of rotatable bonds is 7. The van der Waals surface area contributed by atoms with Crippen molar-refractivity contribution in [2.45, 2.75) is 31.5 Å². The summed E-state index contributed by atoms with van der Waals surface area (Å²) in [5.74, 6) is 1.31. The van der Waals surface area contributed by atoms with Crippen LogP contribution in [0.2, 0.25) is 5.02 Å². The van der Waals surface area contributed by atoms with Crippen LogP contribution in [0.25, 0.3) is 11.0 Å². The van der Waals surface area contributed by atoms with Gasteiger partial charge in [0.1, 0.15) is 0 Å². The van der Waals surface area contributed by atoms with Crippen molar-refractivity contribution in [3.8, 4) is 11.6 Å². The van der Waals surface area contributed by atoms with Gasteiger partial charge in [0.25, 0.3) is 5.91 Å². The Balaban J connectivity index is 1.16. The van der Waals surface area contributed by atoms with Gasteiger partial charge in [-0.3, -0.25) is 9.78 Å². The quantitative estimate of drug-likeness (QED) is 0.447. The molecule has 0 saturated carbocycles. The van der Waals surface area contributed by atoms with E-state index in [1.54, 1.807) is 25.4 Å². The van der Waals surface area contributed by atoms with E-state index in [0.717, 1.165) is 41.8 Å². The Morgan fingerprint density at radius 3 is 3.03 bits per heavy atom. The van der Waals surface area contributed by atoms with Gasteiger partial charge in [-0.2, -0.15) is 0 Å². The van der Waals surface area contributed by atoms with Gasteiger partial charge in [0.05, 0.1) is 35.0 Å². The number of ether oxygens (including phenoxy) is 2. The first-order chi connectivity index (χ1) is 17.0. The van der Waals surface area contributed by atoms with Crippen LogP contribution in [-0.2, 0) is 17.8 Å². The number of likely N-dealkylation sites (tertiary alicyclic amines) is 1. The van der Waals surface area contributed by atoms with Crippen molar-refractivity contribution in [3.05, 3.63) is 46.7 Å². The van der Waals surface area contributed by atoms with E-state index in [-0.39, 0.29) is 18.6 Å². The highest BCUT2D eigenvalue weighted by Gasteiger charge is 2.28. The number of aliphatic hydroxyl groups is 1. The van der Waals surface area contributed by atoms with Gasteiger partial charge in [0.2, 0.25) is 5.88 Å². The third-order valence-corrected chi connectivity index (χ3v) is 6.70. The van der Waals surface area contributed by atoms with Gasteiger partial charge in [-0.25, -0.2) is 9.97 Å². The van der Waals surface area contributed by atoms with Crippen molar-refractivity contribution < 1.29 is 19.4 Å². The van der Waals surface area contributed by atoms with E-state index in [9.17, 15) is 9.90 Å². The zero-order chi connectivity index (χ0) is 24.4. The van der Waals surface area contributed by atoms with Gasteiger partial charge in [-0.05, 0) is 37.6 Å². The fourth-order valence-electron chi connectivity index (χ4n) is 4.48. The summed E-state index contributed by atoms with van der Waals surface area (Å²) in [5, 5.41) is 17.5. The predicted molar refractivity (Wildman–Crippen MR) is 131 cm³/mol. The minimum Gasteiger partial charge on any atom is -0.481 e. The lowest BCUT2D eigenvalue weighted by Gasteiger charge is -2.36. The highest BCUT2D eigenvalue weighted by Crippen LogP contribution is 2.27. The molecule has 35 heavy (non-hydrogen) atoms. The molecule has 184 valence electrons. The molecule has 0 unspecified atom stereocenters. The zero-order valence-corrected chi connectivity index (χ0v) is 20.1. The van der Waals surface area contributed by atoms with E-state index >= 15 is 0 Å². The number of pyridine rings is 3. The maximum absolute atomic E-state index is 11.5. The van der Waals surface area contributed by atoms with Gasteiger partial charge < -0.3 is 30.1 Å². The van der Waals surface area contributed by atoms with Crippen LogP contribution in [0.4, 0.5) is 5.82 Å². The number of fused-ring (bicyclic) bond motifs is 2. The third kappa shape index (κ3) is 5.30. The van der Waals surface area contributed by atoms with Crippen molar-refractivity contribution in [2.75, 3.05) is 38.7 Å². The zero-order valence-electron chi connectivity index (χ0n) is 19.3. The number of β-amino-alcohol motifs (C(OH)–C–C–N with tert-alkyl or cyclic N) is 1. The number of carbonyl (C=O) groups excluding carboxylic acids is 1. The maximum atomic E-state index is 11.5. The fraction of sp³-hybridized carbons (Fsp3) is 0.417. The number of methoxy groups -OCH3 is 1. The normalized spacial score (nSPS) is 20.3. The number of halogens is 1. The molecule has 3 aromatic rings. The lowest BCUT2D eigenvalue weighted by molar-refractivity contribution is -0.118. The Morgan fingerprint density at radius 1 is 1.31 bits per heavy atom. The van der Waals surface area contributed by atoms with Crippen LogP contribution in [0.1, 0.15) is 17.7 Å². The lowest BCUT2D eigenvalue weighted by atomic mass is 10.0. The fourth-order valence-corrected chi connectivity index (χ4v) is 4.71. The van der Waals surface area contributed by atoms with Crippen LogP contribution >= 0.6 is 11.6 Å². The van der Waals surface area contributed by atoms with Crippen LogP contribution in [0, 0.1) is 0 Å². The highest BCUT2D eigenvalue weighted by atomic mass is 35.5. The maximum Gasteiger partial charge on any atom is 0.263 e. The molecule has 3 N–H and O–H groups in total. The molecule has 10 nitrogen and oxygen atoms in total. The van der Waals surface area contributed by atoms with E-state index in [1.807, 2.05) is 12.1 Å². The number of aromatic nitrogens is 3. The number of carbonyl (C=O) groups is 1. The molecular weight excluding hydrogens is 472 g/mol. The Morgan fingerprint density at radius 2 is 2.20 bits per heavy atom. The van der Waals surface area contributed by atoms with Gasteiger partial charge in [-0.15, -0.1) is 0 Å². The summed E-state index contributed by atoms with van der Waals surface area (Å²) in [7, 11) is 1.58. The third-order valence-electron chi connectivity index (χ3n) is 6.37. The summed E-state index contributed by atoms with van der Waals surface area (Å²) in [6.45, 7) is 2.63. The van der Waals surface area contributed by atoms with Crippen molar-refractivity contribution in [3.63, 3.8) is 0 Å². The van der Waals surface area contributed by atoms with E-state index < -0.39 is 6.10 Å². The molecule has 11 heteroatoms. The number of nitrogens with zero attached hydrogens (tertiary/aromatic N) is 4. The minimum absolute atomic E-state index is 0.00530. The SMILES string of the molecule is COc1ccc2ncc(Cl)c(CCN3CC[C@@H](NCc4ccc5c(n4)NC(=O)CO5)[C@@H](O)C3)c2n1. The largest absolute Gasteiger partial charge is 0.481 e. The predicted octanol–water partition coefficient (Wildman–Crippen LogP) is 1.79. The number of hydrogen-bond acceptors (Lipinski definition) is 9. The molecule has 0 spiro atoms. The number of hydrogen-bond donors (Lipinski definition) is 3. The molecule has 0 aliphatic carbocycles. The summed E-state index contributed by atoms with van der Waals surface area (Å²) in [5.41, 5.74) is 3.22. The first-order valence-corrected chi connectivity index (χ1v) is 11.9. The molecule has 5 heterocycles. The number of piperidine rings is 1. The second-order valence-electron chi connectivity index (χ2n) is 8.69. The number of anilines is 1. The van der Waals surface area contributed by atoms with Crippen molar-refractivity contribution in [2.24, 2.45) is 0 Å². The Labute approximate surface area is 207 Å². The van der Waals surface area contributed by atoms with E-state index in [1.165, 1.54) is 0 Å². The van der Waals surface area contributed by atoms with Crippen molar-refractivity contribution in [1.29, 1.82) is 0 Å². The first kappa shape index (κ1) is 23.7. The van der Waals surface area contributed by atoms with E-state index in [2.05, 4.69) is 30.5 Å². The number of amides is 1. The molecule has 0 bridgehead atoms. The van der Waals surface area contributed by atoms with Crippen LogP contribution < -0.4 is 20.1 Å². The minimum atomic E-state index is -0.521. The second kappa shape index (κ2) is 10.3. The van der Waals surface area contributed by atoms with Gasteiger partial charge in [-0.1, -0.05) is 11.6 Å². The second-order valence-corrected chi connectivity index (χ2v) is 9.09. The Kier molecular flexibility index (Phi) is 6.96. The summed E-state index contributed by atoms with van der Waals surface area (Å²) in [6, 6.07) is 7.27. The topological polar surface area (TPSA) is 122 Å². The van der Waals surface area contributed by atoms with E-state index in [0.29, 0.717) is 42.0 Å². The summed E-state index contributed by atoms with van der Waals surface area (Å²) >= 11 is 6.46. The van der Waals surface area contributed by atoms with Crippen LogP contribution in [0.5, 0.6) is 11.6 Å². The average molecular weight is 499 g/mol. The average Bonchev–Trinajstić information content (AvgIpc) is 2.87. The molecule has 2 aliphatic heterocycles. The van der Waals surface area contributed by atoms with E-state index in [4.69, 9.17) is 21.1 Å². The summed E-state index contributed by atoms with van der Waals surface area (Å²) < 4.78 is 10.6. The molecule has 1 saturated heterocycles. The monoisotopic (exact) mass is 498 g/mol. The van der Waals surface area contributed by atoms with Gasteiger partial charge >= 0.3 is 0 Å². The number of nitrogens with one attached hydrogen (secondary N) is 2. The number of aliphatic hydroxyl groups excluding tert-OH is 1. The molecule has 5 rings (SSSR count). The van der Waals surface area contributed by atoms with Crippen LogP contribution in [0.15, 0.2) is 30.5 Å². The van der Waals surface area contributed by atoms with Gasteiger partial charge in [0, 0.05) is 43.5 Å². The van der Waals surface area contributed by atoms with Crippen LogP contribution in [0.3, 0.4) is 0 Å². The standard InChI is InChI=1S/C24H27ClN6O4/c1-34-22-5-3-18-23(30-22)15(16(25)11-27-18)6-8-31-9-7-17(19(32)12-31)26-10-14-2-4-20-24(28-14)29-21(33)13-35-20/h2-5,11,17,19,26,32H,6-10,12-13H2,1H3,(H,28,29,33)/t17-,19+/m1/s1. The molecule has 2 aliphatic rings. The molecular formula is C24H27ClN6O4. The first-order valence-electron chi connectivity index (χ1n) is 11.5. The summed E-state index contributed by atoms with van der Waals surface area (Å²) in [6.07, 6.45) is 2.62. The van der Waals surface area contributed by atoms with Crippen LogP contribution in [-0.4, -0.2) is 76.4 Å². The Hall–Kier alpha value is -3.05. The molecule has 1 fully saturated rings. The smallest absolute Gasteiger partial charge is 0.263 e. The lowest BCUT2D eigenvalue weighted by Crippen LogP contribution is -2.52. The molecule has 2 atom stereocenters. The molecule has 0 radical (unpaired) electrons. The molecule has 1 amide bonds. The van der Waals surface area contributed by atoms with Crippen molar-refractivity contribution >= 4 is 34.4 Å². The molecule has 3 aromatic heterocycles. The summed E-state index contributed by atoms with van der Waals surface area (Å²) in [4.78, 5) is 27.1. The Bertz CT molecular complexity index is 1240.